The molecule has 1 aliphatic rings. The fourth-order valence-electron chi connectivity index (χ4n) is 2.34. The molecule has 0 saturated heterocycles. The lowest BCUT2D eigenvalue weighted by Gasteiger charge is -2.03. The van der Waals surface area contributed by atoms with Gasteiger partial charge in [0.25, 0.3) is 5.19 Å². The zero-order valence-electron chi connectivity index (χ0n) is 11.8. The van der Waals surface area contributed by atoms with E-state index in [4.69, 9.17) is 4.74 Å². The van der Waals surface area contributed by atoms with Gasteiger partial charge in [-0.1, -0.05) is 35.6 Å². The molecule has 0 bridgehead atoms. The number of nitrogens with zero attached hydrogens (tertiary/aromatic N) is 1. The van der Waals surface area contributed by atoms with E-state index < -0.39 is 0 Å². The first kappa shape index (κ1) is 14.0. The lowest BCUT2D eigenvalue weighted by molar-refractivity contribution is 0.480. The molecule has 1 fully saturated rings. The van der Waals surface area contributed by atoms with E-state index in [1.165, 1.54) is 24.8 Å². The van der Waals surface area contributed by atoms with Gasteiger partial charge in [-0.25, -0.2) is 4.98 Å². The molecule has 1 heterocycles. The lowest BCUT2D eigenvalue weighted by atomic mass is 10.1. The van der Waals surface area contributed by atoms with Gasteiger partial charge in [0, 0.05) is 0 Å². The molecule has 0 aliphatic heterocycles. The van der Waals surface area contributed by atoms with Crippen molar-refractivity contribution in [3.63, 3.8) is 0 Å². The molecule has 1 aliphatic carbocycles. The van der Waals surface area contributed by atoms with Gasteiger partial charge in [-0.05, 0) is 55.0 Å². The van der Waals surface area contributed by atoms with Crippen LogP contribution in [0, 0.1) is 5.92 Å². The lowest BCUT2D eigenvalue weighted by Crippen LogP contribution is -1.87. The molecule has 0 amide bonds. The van der Waals surface area contributed by atoms with Gasteiger partial charge in [-0.3, -0.25) is 0 Å². The first-order chi connectivity index (χ1) is 9.87. The molecule has 1 aromatic heterocycles. The Labute approximate surface area is 128 Å². The number of thiazole rings is 1. The number of aromatic nitrogens is 1. The third kappa shape index (κ3) is 3.23. The van der Waals surface area contributed by atoms with Crippen molar-refractivity contribution in [3.05, 3.63) is 54.1 Å². The van der Waals surface area contributed by atoms with Gasteiger partial charge in [0.05, 0.1) is 10.2 Å². The van der Waals surface area contributed by atoms with E-state index in [-0.39, 0.29) is 6.15 Å². The highest BCUT2D eigenvalue weighted by Crippen LogP contribution is 2.34. The van der Waals surface area contributed by atoms with Crippen LogP contribution in [0.3, 0.4) is 0 Å². The summed E-state index contributed by atoms with van der Waals surface area (Å²) in [5, 5.41) is 0.709. The van der Waals surface area contributed by atoms with Gasteiger partial charge < -0.3 is 10.9 Å². The summed E-state index contributed by atoms with van der Waals surface area (Å²) in [7, 11) is 0. The van der Waals surface area contributed by atoms with Crippen molar-refractivity contribution < 1.29 is 4.74 Å². The summed E-state index contributed by atoms with van der Waals surface area (Å²) in [4.78, 5) is 4.49. The topological polar surface area (TPSA) is 57.1 Å². The summed E-state index contributed by atoms with van der Waals surface area (Å²) >= 11 is 1.58. The maximum atomic E-state index is 5.85. The normalized spacial score (nSPS) is 13.9. The second kappa shape index (κ2) is 5.84. The van der Waals surface area contributed by atoms with Crippen molar-refractivity contribution in [2.24, 2.45) is 5.92 Å². The number of rotatable bonds is 4. The Morgan fingerprint density at radius 3 is 2.52 bits per heavy atom. The Morgan fingerprint density at radius 1 is 1.05 bits per heavy atom. The van der Waals surface area contributed by atoms with E-state index in [1.54, 1.807) is 11.3 Å². The van der Waals surface area contributed by atoms with Crippen LogP contribution in [0.2, 0.25) is 0 Å². The Balaban J connectivity index is 0.00000132. The summed E-state index contributed by atoms with van der Waals surface area (Å²) in [6, 6.07) is 16.5. The molecule has 2 aromatic carbocycles. The molecule has 3 aromatic rings. The Morgan fingerprint density at radius 2 is 1.81 bits per heavy atom. The van der Waals surface area contributed by atoms with Crippen molar-refractivity contribution in [2.75, 3.05) is 0 Å². The molecule has 1 saturated carbocycles. The molecule has 0 unspecified atom stereocenters. The fraction of sp³-hybridized carbons (Fsp3) is 0.235. The molecular formula is C17H18N2OS. The average Bonchev–Trinajstić information content (AvgIpc) is 3.18. The molecule has 108 valence electrons. The molecule has 3 N–H and O–H groups in total. The van der Waals surface area contributed by atoms with E-state index in [1.807, 2.05) is 30.3 Å². The fourth-order valence-corrected chi connectivity index (χ4v) is 3.18. The largest absolute Gasteiger partial charge is 0.431 e. The van der Waals surface area contributed by atoms with Crippen molar-refractivity contribution in [1.82, 2.24) is 11.1 Å². The van der Waals surface area contributed by atoms with E-state index in [0.717, 1.165) is 21.9 Å². The van der Waals surface area contributed by atoms with E-state index >= 15 is 0 Å². The van der Waals surface area contributed by atoms with Gasteiger partial charge in [-0.2, -0.15) is 0 Å². The van der Waals surface area contributed by atoms with E-state index in [9.17, 15) is 0 Å². The predicted octanol–water partition coefficient (Wildman–Crippen LogP) is 5.20. The van der Waals surface area contributed by atoms with Gasteiger partial charge in [0.1, 0.15) is 5.75 Å². The smallest absolute Gasteiger partial charge is 0.279 e. The van der Waals surface area contributed by atoms with Crippen molar-refractivity contribution >= 4 is 21.6 Å². The first-order valence-corrected chi connectivity index (χ1v) is 7.81. The second-order valence-corrected chi connectivity index (χ2v) is 6.33. The summed E-state index contributed by atoms with van der Waals surface area (Å²) in [6.45, 7) is 0. The highest BCUT2D eigenvalue weighted by Gasteiger charge is 2.21. The number of benzene rings is 2. The molecule has 21 heavy (non-hydrogen) atoms. The number of ether oxygens (including phenoxy) is 1. The third-order valence-electron chi connectivity index (χ3n) is 3.62. The highest BCUT2D eigenvalue weighted by molar-refractivity contribution is 7.20. The van der Waals surface area contributed by atoms with Crippen LogP contribution in [0.15, 0.2) is 48.5 Å². The molecule has 0 atom stereocenters. The number of hydrogen-bond acceptors (Lipinski definition) is 4. The highest BCUT2D eigenvalue weighted by atomic mass is 32.1. The Hall–Kier alpha value is -1.91. The predicted molar refractivity (Wildman–Crippen MR) is 87.6 cm³/mol. The van der Waals surface area contributed by atoms with Crippen LogP contribution in [0.4, 0.5) is 0 Å². The zero-order valence-corrected chi connectivity index (χ0v) is 12.6. The Kier molecular flexibility index (Phi) is 3.90. The summed E-state index contributed by atoms with van der Waals surface area (Å²) in [5.41, 5.74) is 2.40. The molecule has 0 radical (unpaired) electrons. The molecule has 4 rings (SSSR count). The second-order valence-electron chi connectivity index (χ2n) is 5.34. The minimum atomic E-state index is 0. The molecule has 0 spiro atoms. The van der Waals surface area contributed by atoms with Crippen LogP contribution in [0.5, 0.6) is 10.9 Å². The molecule has 4 heteroatoms. The zero-order chi connectivity index (χ0) is 13.4. The van der Waals surface area contributed by atoms with Crippen molar-refractivity contribution in [2.45, 2.75) is 19.3 Å². The monoisotopic (exact) mass is 298 g/mol. The standard InChI is InChI=1S/C17H15NOS.H3N/c1-2-4-16-15(3-1)18-17(20-16)19-14-9-7-13(8-10-14)11-12-5-6-12;/h1-4,7-10,12H,5-6,11H2;1H3. The molecular weight excluding hydrogens is 280 g/mol. The van der Waals surface area contributed by atoms with Crippen LogP contribution in [0.25, 0.3) is 10.2 Å². The van der Waals surface area contributed by atoms with Crippen LogP contribution < -0.4 is 10.9 Å². The van der Waals surface area contributed by atoms with Crippen LogP contribution >= 0.6 is 11.3 Å². The van der Waals surface area contributed by atoms with Crippen LogP contribution in [-0.4, -0.2) is 4.98 Å². The summed E-state index contributed by atoms with van der Waals surface area (Å²) in [6.07, 6.45) is 4.00. The molecule has 3 nitrogen and oxygen atoms in total. The van der Waals surface area contributed by atoms with Crippen LogP contribution in [0.1, 0.15) is 18.4 Å². The van der Waals surface area contributed by atoms with E-state index in [0.29, 0.717) is 5.19 Å². The number of fused-ring (bicyclic) bond motifs is 1. The van der Waals surface area contributed by atoms with E-state index in [2.05, 4.69) is 23.2 Å². The summed E-state index contributed by atoms with van der Waals surface area (Å²) < 4.78 is 7.01. The van der Waals surface area contributed by atoms with Gasteiger partial charge in [0.2, 0.25) is 0 Å². The minimum Gasteiger partial charge on any atom is -0.431 e. The van der Waals surface area contributed by atoms with Gasteiger partial charge in [0.15, 0.2) is 0 Å². The van der Waals surface area contributed by atoms with Crippen molar-refractivity contribution in [3.8, 4) is 10.9 Å². The third-order valence-corrected chi connectivity index (χ3v) is 4.54. The van der Waals surface area contributed by atoms with Crippen LogP contribution in [-0.2, 0) is 6.42 Å². The minimum absolute atomic E-state index is 0. The SMILES string of the molecule is N.c1ccc2sc(Oc3ccc(CC4CC4)cc3)nc2c1. The summed E-state index contributed by atoms with van der Waals surface area (Å²) in [5.74, 6) is 1.79. The maximum Gasteiger partial charge on any atom is 0.279 e. The number of hydrogen-bond donors (Lipinski definition) is 1. The number of para-hydroxylation sites is 1. The quantitative estimate of drug-likeness (QED) is 0.720. The van der Waals surface area contributed by atoms with Gasteiger partial charge >= 0.3 is 0 Å². The average molecular weight is 298 g/mol. The Bertz CT molecular complexity index is 699. The first-order valence-electron chi connectivity index (χ1n) is 6.99. The van der Waals surface area contributed by atoms with Crippen molar-refractivity contribution in [1.29, 1.82) is 0 Å². The van der Waals surface area contributed by atoms with Gasteiger partial charge in [-0.15, -0.1) is 0 Å². The maximum absolute atomic E-state index is 5.85.